The molecule has 9 heteroatoms. The number of nitrogens with zero attached hydrogens (tertiary/aromatic N) is 5. The number of ether oxygens (including phenoxy) is 1. The van der Waals surface area contributed by atoms with Crippen LogP contribution in [-0.2, 0) is 20.9 Å². The van der Waals surface area contributed by atoms with Crippen LogP contribution in [-0.4, -0.2) is 57.2 Å². The van der Waals surface area contributed by atoms with Gasteiger partial charge >= 0.3 is 5.97 Å². The van der Waals surface area contributed by atoms with E-state index in [0.29, 0.717) is 18.1 Å². The predicted molar refractivity (Wildman–Crippen MR) is 69.8 cm³/mol. The highest BCUT2D eigenvalue weighted by atomic mass is 16.5. The summed E-state index contributed by atoms with van der Waals surface area (Å²) in [5.74, 6) is -0.0151. The van der Waals surface area contributed by atoms with Crippen LogP contribution in [0.5, 0.6) is 0 Å². The molecule has 0 aliphatic carbocycles. The topological polar surface area (TPSA) is 103 Å². The number of carbonyl (C=O) groups is 2. The first-order chi connectivity index (χ1) is 10.1. The van der Waals surface area contributed by atoms with Crippen molar-refractivity contribution in [2.45, 2.75) is 13.5 Å². The Morgan fingerprint density at radius 3 is 2.90 bits per heavy atom. The zero-order valence-electron chi connectivity index (χ0n) is 11.7. The zero-order valence-corrected chi connectivity index (χ0v) is 11.7. The molecule has 9 nitrogen and oxygen atoms in total. The Balaban J connectivity index is 2.00. The molecule has 0 saturated heterocycles. The second kappa shape index (κ2) is 6.64. The van der Waals surface area contributed by atoms with Crippen LogP contribution in [0.25, 0.3) is 11.6 Å². The SMILES string of the molecule is CCN(CC(=O)OC)C(=O)Cn1nnc(-c2ccco2)n1. The molecule has 0 aromatic carbocycles. The van der Waals surface area contributed by atoms with E-state index in [-0.39, 0.29) is 19.0 Å². The third kappa shape index (κ3) is 3.65. The molecule has 0 aliphatic heterocycles. The van der Waals surface area contributed by atoms with Crippen molar-refractivity contribution in [2.75, 3.05) is 20.2 Å². The molecule has 112 valence electrons. The number of hydrogen-bond acceptors (Lipinski definition) is 7. The number of carbonyl (C=O) groups excluding carboxylic acids is 2. The van der Waals surface area contributed by atoms with E-state index in [1.165, 1.54) is 18.3 Å². The van der Waals surface area contributed by atoms with Gasteiger partial charge in [0.2, 0.25) is 11.7 Å². The Kier molecular flexibility index (Phi) is 4.64. The lowest BCUT2D eigenvalue weighted by Crippen LogP contribution is -2.38. The van der Waals surface area contributed by atoms with Gasteiger partial charge in [-0.3, -0.25) is 9.59 Å². The van der Waals surface area contributed by atoms with Gasteiger partial charge in [0.15, 0.2) is 5.76 Å². The zero-order chi connectivity index (χ0) is 15.2. The number of esters is 1. The normalized spacial score (nSPS) is 10.4. The lowest BCUT2D eigenvalue weighted by Gasteiger charge is -2.18. The molecule has 0 aliphatic rings. The van der Waals surface area contributed by atoms with Gasteiger partial charge in [-0.15, -0.1) is 10.2 Å². The molecule has 2 aromatic heterocycles. The van der Waals surface area contributed by atoms with E-state index in [1.807, 2.05) is 0 Å². The fraction of sp³-hybridized carbons (Fsp3) is 0.417. The van der Waals surface area contributed by atoms with E-state index in [4.69, 9.17) is 4.42 Å². The van der Waals surface area contributed by atoms with Gasteiger partial charge in [-0.1, -0.05) is 0 Å². The summed E-state index contributed by atoms with van der Waals surface area (Å²) >= 11 is 0. The van der Waals surface area contributed by atoms with E-state index in [1.54, 1.807) is 19.1 Å². The number of methoxy groups -OCH3 is 1. The lowest BCUT2D eigenvalue weighted by atomic mass is 10.4. The van der Waals surface area contributed by atoms with Gasteiger partial charge in [-0.05, 0) is 24.3 Å². The number of amides is 1. The Labute approximate surface area is 120 Å². The minimum Gasteiger partial charge on any atom is -0.468 e. The van der Waals surface area contributed by atoms with Gasteiger partial charge in [-0.25, -0.2) is 0 Å². The minimum absolute atomic E-state index is 0.106. The first-order valence-electron chi connectivity index (χ1n) is 6.30. The molecule has 2 aromatic rings. The number of hydrogen-bond donors (Lipinski definition) is 0. The summed E-state index contributed by atoms with van der Waals surface area (Å²) in [6.07, 6.45) is 1.50. The molecule has 0 radical (unpaired) electrons. The van der Waals surface area contributed by atoms with Crippen molar-refractivity contribution in [1.82, 2.24) is 25.1 Å². The second-order valence-electron chi connectivity index (χ2n) is 4.10. The van der Waals surface area contributed by atoms with Gasteiger partial charge in [0, 0.05) is 6.54 Å². The molecule has 0 bridgehead atoms. The van der Waals surface area contributed by atoms with E-state index in [9.17, 15) is 9.59 Å². The molecule has 0 saturated carbocycles. The summed E-state index contributed by atoms with van der Waals surface area (Å²) in [5, 5.41) is 11.6. The maximum atomic E-state index is 12.1. The van der Waals surface area contributed by atoms with E-state index in [0.717, 1.165) is 4.80 Å². The molecular weight excluding hydrogens is 278 g/mol. The van der Waals surface area contributed by atoms with Crippen LogP contribution in [0.15, 0.2) is 22.8 Å². The molecular formula is C12H15N5O4. The van der Waals surface area contributed by atoms with Crippen LogP contribution in [0.4, 0.5) is 0 Å². The molecule has 0 spiro atoms. The van der Waals surface area contributed by atoms with Gasteiger partial charge < -0.3 is 14.1 Å². The summed E-state index contributed by atoms with van der Waals surface area (Å²) in [5.41, 5.74) is 0. The monoisotopic (exact) mass is 293 g/mol. The van der Waals surface area contributed by atoms with Crippen LogP contribution in [0.3, 0.4) is 0 Å². The van der Waals surface area contributed by atoms with Crippen molar-refractivity contribution < 1.29 is 18.7 Å². The molecule has 0 N–H and O–H groups in total. The molecule has 2 rings (SSSR count). The molecule has 21 heavy (non-hydrogen) atoms. The number of aromatic nitrogens is 4. The van der Waals surface area contributed by atoms with E-state index < -0.39 is 5.97 Å². The molecule has 0 atom stereocenters. The largest absolute Gasteiger partial charge is 0.468 e. The van der Waals surface area contributed by atoms with Crippen LogP contribution >= 0.6 is 0 Å². The van der Waals surface area contributed by atoms with Crippen molar-refractivity contribution in [3.05, 3.63) is 18.4 Å². The fourth-order valence-electron chi connectivity index (χ4n) is 1.63. The first kappa shape index (κ1) is 14.7. The van der Waals surface area contributed by atoms with Gasteiger partial charge in [0.1, 0.15) is 13.1 Å². The van der Waals surface area contributed by atoms with Crippen molar-refractivity contribution in [1.29, 1.82) is 0 Å². The molecule has 2 heterocycles. The van der Waals surface area contributed by atoms with Crippen LogP contribution in [0.1, 0.15) is 6.92 Å². The van der Waals surface area contributed by atoms with Gasteiger partial charge in [0.05, 0.1) is 13.4 Å². The summed E-state index contributed by atoms with van der Waals surface area (Å²) in [7, 11) is 1.27. The average molecular weight is 293 g/mol. The highest BCUT2D eigenvalue weighted by Gasteiger charge is 2.18. The summed E-state index contributed by atoms with van der Waals surface area (Å²) in [4.78, 5) is 25.8. The fourth-order valence-corrected chi connectivity index (χ4v) is 1.63. The second-order valence-corrected chi connectivity index (χ2v) is 4.10. The Hall–Kier alpha value is -2.71. The maximum absolute atomic E-state index is 12.1. The first-order valence-corrected chi connectivity index (χ1v) is 6.30. The van der Waals surface area contributed by atoms with Crippen LogP contribution in [0, 0.1) is 0 Å². The minimum atomic E-state index is -0.479. The van der Waals surface area contributed by atoms with E-state index >= 15 is 0 Å². The van der Waals surface area contributed by atoms with Crippen molar-refractivity contribution in [3.8, 4) is 11.6 Å². The van der Waals surface area contributed by atoms with Gasteiger partial charge in [-0.2, -0.15) is 4.80 Å². The average Bonchev–Trinajstić information content (AvgIpc) is 3.14. The summed E-state index contributed by atoms with van der Waals surface area (Å²) in [6, 6.07) is 3.40. The summed E-state index contributed by atoms with van der Waals surface area (Å²) < 4.78 is 9.68. The lowest BCUT2D eigenvalue weighted by molar-refractivity contribution is -0.147. The third-order valence-electron chi connectivity index (χ3n) is 2.75. The molecule has 1 amide bonds. The number of rotatable bonds is 6. The Morgan fingerprint density at radius 2 is 2.29 bits per heavy atom. The van der Waals surface area contributed by atoms with Crippen molar-refractivity contribution in [3.63, 3.8) is 0 Å². The number of likely N-dealkylation sites (N-methyl/N-ethyl adjacent to an activating group) is 1. The maximum Gasteiger partial charge on any atom is 0.325 e. The molecule has 0 fully saturated rings. The third-order valence-corrected chi connectivity index (χ3v) is 2.75. The quantitative estimate of drug-likeness (QED) is 0.688. The highest BCUT2D eigenvalue weighted by molar-refractivity contribution is 5.81. The van der Waals surface area contributed by atoms with Crippen LogP contribution < -0.4 is 0 Å². The van der Waals surface area contributed by atoms with Crippen molar-refractivity contribution in [2.24, 2.45) is 0 Å². The highest BCUT2D eigenvalue weighted by Crippen LogP contribution is 2.12. The van der Waals surface area contributed by atoms with Crippen molar-refractivity contribution >= 4 is 11.9 Å². The molecule has 0 unspecified atom stereocenters. The standard InChI is InChI=1S/C12H15N5O4/c1-3-16(8-11(19)20-2)10(18)7-17-14-12(13-15-17)9-5-4-6-21-9/h4-6H,3,7-8H2,1-2H3. The Bertz CT molecular complexity index is 607. The summed E-state index contributed by atoms with van der Waals surface area (Å²) in [6.45, 7) is 1.93. The number of tetrazole rings is 1. The van der Waals surface area contributed by atoms with Gasteiger partial charge in [0.25, 0.3) is 0 Å². The predicted octanol–water partition coefficient (Wildman–Crippen LogP) is -0.0454. The number of furan rings is 1. The Morgan fingerprint density at radius 1 is 1.48 bits per heavy atom. The smallest absolute Gasteiger partial charge is 0.325 e. The van der Waals surface area contributed by atoms with Crippen LogP contribution in [0.2, 0.25) is 0 Å². The van der Waals surface area contributed by atoms with E-state index in [2.05, 4.69) is 20.1 Å².